The monoisotopic (exact) mass is 376 g/mol. The maximum atomic E-state index is 5.48. The van der Waals surface area contributed by atoms with Gasteiger partial charge in [0.05, 0.1) is 13.2 Å². The van der Waals surface area contributed by atoms with Crippen LogP contribution in [0.3, 0.4) is 0 Å². The van der Waals surface area contributed by atoms with E-state index in [0.29, 0.717) is 17.1 Å². The quantitative estimate of drug-likeness (QED) is 0.774. The van der Waals surface area contributed by atoms with E-state index in [9.17, 15) is 0 Å². The SMILES string of the molecule is CC1CCN(c2cc(N3CCOCC3)nc(NC(=S)NC3CC3)n2)CC1. The molecule has 2 saturated heterocycles. The third-order valence-electron chi connectivity index (χ3n) is 5.28. The Morgan fingerprint density at radius 2 is 1.65 bits per heavy atom. The molecular formula is C18H28N6OS. The van der Waals surface area contributed by atoms with Crippen LogP contribution in [0.5, 0.6) is 0 Å². The largest absolute Gasteiger partial charge is 0.378 e. The van der Waals surface area contributed by atoms with Crippen molar-refractivity contribution in [2.24, 2.45) is 5.92 Å². The summed E-state index contributed by atoms with van der Waals surface area (Å²) < 4.78 is 5.48. The molecule has 26 heavy (non-hydrogen) atoms. The van der Waals surface area contributed by atoms with Crippen LogP contribution in [-0.2, 0) is 4.74 Å². The maximum Gasteiger partial charge on any atom is 0.232 e. The number of nitrogens with zero attached hydrogens (tertiary/aromatic N) is 4. The van der Waals surface area contributed by atoms with Gasteiger partial charge in [0.15, 0.2) is 5.11 Å². The molecule has 0 amide bonds. The van der Waals surface area contributed by atoms with Crippen LogP contribution in [0.4, 0.5) is 17.6 Å². The average Bonchev–Trinajstić information content (AvgIpc) is 3.46. The van der Waals surface area contributed by atoms with E-state index in [0.717, 1.165) is 56.9 Å². The summed E-state index contributed by atoms with van der Waals surface area (Å²) in [6.45, 7) is 7.62. The van der Waals surface area contributed by atoms with Gasteiger partial charge in [0.2, 0.25) is 5.95 Å². The summed E-state index contributed by atoms with van der Waals surface area (Å²) >= 11 is 5.42. The van der Waals surface area contributed by atoms with E-state index in [4.69, 9.17) is 26.9 Å². The molecule has 142 valence electrons. The Bertz CT molecular complexity index is 639. The molecule has 0 unspecified atom stereocenters. The lowest BCUT2D eigenvalue weighted by atomic mass is 9.99. The van der Waals surface area contributed by atoms with Crippen molar-refractivity contribution in [1.29, 1.82) is 0 Å². The van der Waals surface area contributed by atoms with E-state index in [1.54, 1.807) is 0 Å². The maximum absolute atomic E-state index is 5.48. The smallest absolute Gasteiger partial charge is 0.232 e. The predicted molar refractivity (Wildman–Crippen MR) is 108 cm³/mol. The van der Waals surface area contributed by atoms with Crippen LogP contribution in [-0.4, -0.2) is 60.5 Å². The first kappa shape index (κ1) is 17.7. The average molecular weight is 377 g/mol. The molecule has 0 radical (unpaired) electrons. The van der Waals surface area contributed by atoms with Crippen molar-refractivity contribution in [3.05, 3.63) is 6.07 Å². The first-order chi connectivity index (χ1) is 12.7. The first-order valence-corrected chi connectivity index (χ1v) is 10.1. The zero-order valence-corrected chi connectivity index (χ0v) is 16.2. The molecule has 2 N–H and O–H groups in total. The zero-order valence-electron chi connectivity index (χ0n) is 15.4. The van der Waals surface area contributed by atoms with Gasteiger partial charge in [-0.25, -0.2) is 0 Å². The van der Waals surface area contributed by atoms with Gasteiger partial charge in [0, 0.05) is 38.3 Å². The third-order valence-corrected chi connectivity index (χ3v) is 5.50. The van der Waals surface area contributed by atoms with E-state index < -0.39 is 0 Å². The number of anilines is 3. The molecule has 1 saturated carbocycles. The molecule has 3 fully saturated rings. The number of aromatic nitrogens is 2. The number of rotatable bonds is 4. The Morgan fingerprint density at radius 1 is 1.04 bits per heavy atom. The number of piperidine rings is 1. The predicted octanol–water partition coefficient (Wildman–Crippen LogP) is 2.00. The molecule has 0 atom stereocenters. The van der Waals surface area contributed by atoms with Gasteiger partial charge in [0.1, 0.15) is 11.6 Å². The fourth-order valence-electron chi connectivity index (χ4n) is 3.38. The minimum absolute atomic E-state index is 0.514. The summed E-state index contributed by atoms with van der Waals surface area (Å²) in [5.74, 6) is 3.32. The Balaban J connectivity index is 1.54. The number of ether oxygens (including phenoxy) is 1. The molecule has 3 heterocycles. The van der Waals surface area contributed by atoms with Crippen LogP contribution < -0.4 is 20.4 Å². The molecule has 7 nitrogen and oxygen atoms in total. The Kier molecular flexibility index (Phi) is 5.40. The van der Waals surface area contributed by atoms with Crippen molar-refractivity contribution in [2.75, 3.05) is 54.5 Å². The fourth-order valence-corrected chi connectivity index (χ4v) is 3.64. The summed E-state index contributed by atoms with van der Waals surface area (Å²) in [4.78, 5) is 14.1. The van der Waals surface area contributed by atoms with Gasteiger partial charge in [0.25, 0.3) is 0 Å². The molecular weight excluding hydrogens is 348 g/mol. The van der Waals surface area contributed by atoms with E-state index >= 15 is 0 Å². The number of hydrogen-bond donors (Lipinski definition) is 2. The molecule has 4 rings (SSSR count). The van der Waals surface area contributed by atoms with Crippen molar-refractivity contribution in [3.8, 4) is 0 Å². The van der Waals surface area contributed by atoms with Gasteiger partial charge < -0.3 is 25.2 Å². The molecule has 1 aromatic heterocycles. The van der Waals surface area contributed by atoms with Crippen molar-refractivity contribution < 1.29 is 4.74 Å². The van der Waals surface area contributed by atoms with Crippen molar-refractivity contribution in [2.45, 2.75) is 38.6 Å². The Morgan fingerprint density at radius 3 is 2.27 bits per heavy atom. The third kappa shape index (κ3) is 4.54. The second kappa shape index (κ2) is 7.92. The van der Waals surface area contributed by atoms with E-state index in [1.807, 2.05) is 0 Å². The zero-order chi connectivity index (χ0) is 17.9. The van der Waals surface area contributed by atoms with Gasteiger partial charge in [-0.1, -0.05) is 6.92 Å². The van der Waals surface area contributed by atoms with Gasteiger partial charge >= 0.3 is 0 Å². The van der Waals surface area contributed by atoms with Crippen molar-refractivity contribution in [3.63, 3.8) is 0 Å². The molecule has 0 aromatic carbocycles. The topological polar surface area (TPSA) is 65.6 Å². The molecule has 2 aliphatic heterocycles. The minimum Gasteiger partial charge on any atom is -0.378 e. The summed E-state index contributed by atoms with van der Waals surface area (Å²) in [5.41, 5.74) is 0. The van der Waals surface area contributed by atoms with Gasteiger partial charge in [-0.2, -0.15) is 9.97 Å². The summed E-state index contributed by atoms with van der Waals surface area (Å²) in [7, 11) is 0. The van der Waals surface area contributed by atoms with Gasteiger partial charge in [-0.3, -0.25) is 0 Å². The van der Waals surface area contributed by atoms with Crippen molar-refractivity contribution >= 4 is 34.9 Å². The van der Waals surface area contributed by atoms with Crippen LogP contribution in [0.2, 0.25) is 0 Å². The molecule has 3 aliphatic rings. The van der Waals surface area contributed by atoms with E-state index in [2.05, 4.69) is 33.4 Å². The lowest BCUT2D eigenvalue weighted by Gasteiger charge is -2.33. The molecule has 0 bridgehead atoms. The lowest BCUT2D eigenvalue weighted by molar-refractivity contribution is 0.122. The standard InChI is InChI=1S/C18H28N6OS/c1-13-4-6-23(7-5-13)15-12-16(24-8-10-25-11-9-24)21-17(20-15)22-18(26)19-14-2-3-14/h12-14H,2-11H2,1H3,(H2,19,20,21,22,26). The van der Waals surface area contributed by atoms with Crippen LogP contribution in [0.25, 0.3) is 0 Å². The van der Waals surface area contributed by atoms with Crippen LogP contribution in [0, 0.1) is 5.92 Å². The number of morpholine rings is 1. The highest BCUT2D eigenvalue weighted by atomic mass is 32.1. The van der Waals surface area contributed by atoms with Crippen LogP contribution in [0.15, 0.2) is 6.07 Å². The second-order valence-electron chi connectivity index (χ2n) is 7.55. The minimum atomic E-state index is 0.514. The summed E-state index contributed by atoms with van der Waals surface area (Å²) in [5, 5.41) is 7.11. The summed E-state index contributed by atoms with van der Waals surface area (Å²) in [6, 6.07) is 2.63. The second-order valence-corrected chi connectivity index (χ2v) is 7.96. The molecule has 0 spiro atoms. The lowest BCUT2D eigenvalue weighted by Crippen LogP contribution is -2.38. The number of nitrogens with one attached hydrogen (secondary N) is 2. The Hall–Kier alpha value is -1.67. The van der Waals surface area contributed by atoms with Crippen molar-refractivity contribution in [1.82, 2.24) is 15.3 Å². The Labute approximate surface area is 160 Å². The highest BCUT2D eigenvalue weighted by Crippen LogP contribution is 2.26. The fraction of sp³-hybridized carbons (Fsp3) is 0.722. The number of hydrogen-bond acceptors (Lipinski definition) is 6. The molecule has 1 aliphatic carbocycles. The van der Waals surface area contributed by atoms with Gasteiger partial charge in [-0.15, -0.1) is 0 Å². The van der Waals surface area contributed by atoms with E-state index in [-0.39, 0.29) is 0 Å². The van der Waals surface area contributed by atoms with Crippen LogP contribution >= 0.6 is 12.2 Å². The van der Waals surface area contributed by atoms with E-state index in [1.165, 1.54) is 25.7 Å². The highest BCUT2D eigenvalue weighted by molar-refractivity contribution is 7.80. The summed E-state index contributed by atoms with van der Waals surface area (Å²) in [6.07, 6.45) is 4.80. The highest BCUT2D eigenvalue weighted by Gasteiger charge is 2.23. The first-order valence-electron chi connectivity index (χ1n) is 9.71. The molecule has 1 aromatic rings. The molecule has 8 heteroatoms. The normalized spacial score (nSPS) is 21.6. The van der Waals surface area contributed by atoms with Crippen LogP contribution in [0.1, 0.15) is 32.6 Å². The van der Waals surface area contributed by atoms with Gasteiger partial charge in [-0.05, 0) is 43.8 Å². The number of thiocarbonyl (C=S) groups is 1.